The zero-order valence-corrected chi connectivity index (χ0v) is 22.3. The molecule has 0 aliphatic rings. The third-order valence-electron chi connectivity index (χ3n) is 7.15. The van der Waals surface area contributed by atoms with Gasteiger partial charge in [0.15, 0.2) is 0 Å². The first kappa shape index (κ1) is 25.4. The zero-order chi connectivity index (χ0) is 26.5. The van der Waals surface area contributed by atoms with E-state index in [1.165, 1.54) is 5.56 Å². The maximum absolute atomic E-state index is 13.6. The quantitative estimate of drug-likeness (QED) is 0.264. The molecule has 5 aromatic rings. The molecule has 5 rings (SSSR count). The molecule has 2 aromatic heterocycles. The molecule has 0 amide bonds. The maximum Gasteiger partial charge on any atom is 0.328 e. The van der Waals surface area contributed by atoms with E-state index >= 15 is 0 Å². The lowest BCUT2D eigenvalue weighted by Gasteiger charge is -2.11. The average Bonchev–Trinajstić information content (AvgIpc) is 3.55. The molecule has 0 saturated carbocycles. The molecule has 0 fully saturated rings. The Bertz CT molecular complexity index is 1530. The summed E-state index contributed by atoms with van der Waals surface area (Å²) >= 11 is 0. The van der Waals surface area contributed by atoms with Crippen molar-refractivity contribution in [3.05, 3.63) is 112 Å². The molecule has 0 saturated heterocycles. The number of rotatable bonds is 10. The van der Waals surface area contributed by atoms with Crippen LogP contribution in [0.25, 0.3) is 22.5 Å². The highest BCUT2D eigenvalue weighted by atomic mass is 16.1. The smallest absolute Gasteiger partial charge is 0.296 e. The Morgan fingerprint density at radius 3 is 2.21 bits per heavy atom. The first-order valence-corrected chi connectivity index (χ1v) is 13.3. The number of aromatic nitrogens is 6. The molecule has 0 spiro atoms. The van der Waals surface area contributed by atoms with Crippen LogP contribution in [0.15, 0.2) is 83.7 Å². The molecule has 0 atom stereocenters. The van der Waals surface area contributed by atoms with Gasteiger partial charge in [0.05, 0.1) is 6.54 Å². The second-order valence-corrected chi connectivity index (χ2v) is 10.2. The van der Waals surface area contributed by atoms with Gasteiger partial charge in [0, 0.05) is 23.5 Å². The van der Waals surface area contributed by atoms with E-state index in [2.05, 4.69) is 96.0 Å². The Morgan fingerprint density at radius 2 is 1.53 bits per heavy atom. The van der Waals surface area contributed by atoms with Crippen molar-refractivity contribution >= 4 is 0 Å². The Hall–Kier alpha value is -4.26. The number of H-pyrrole nitrogens is 1. The Balaban J connectivity index is 1.42. The summed E-state index contributed by atoms with van der Waals surface area (Å²) in [5.74, 6) is 1.14. The molecule has 0 unspecified atom stereocenters. The molecule has 38 heavy (non-hydrogen) atoms. The van der Waals surface area contributed by atoms with Crippen LogP contribution in [-0.2, 0) is 25.9 Å². The number of hydrogen-bond donors (Lipinski definition) is 1. The molecular formula is C31H34N6O. The summed E-state index contributed by atoms with van der Waals surface area (Å²) in [7, 11) is 0. The van der Waals surface area contributed by atoms with E-state index in [0.29, 0.717) is 24.8 Å². The van der Waals surface area contributed by atoms with Gasteiger partial charge in [-0.1, -0.05) is 92.7 Å². The lowest BCUT2D eigenvalue weighted by Crippen LogP contribution is -2.26. The van der Waals surface area contributed by atoms with Crippen molar-refractivity contribution < 1.29 is 0 Å². The predicted octanol–water partition coefficient (Wildman–Crippen LogP) is 5.68. The topological polar surface area (TPSA) is 81.4 Å². The van der Waals surface area contributed by atoms with Gasteiger partial charge in [-0.05, 0) is 59.6 Å². The highest BCUT2D eigenvalue weighted by Gasteiger charge is 2.18. The van der Waals surface area contributed by atoms with Gasteiger partial charge in [0.1, 0.15) is 0 Å². The van der Waals surface area contributed by atoms with Crippen molar-refractivity contribution in [2.45, 2.75) is 53.1 Å². The van der Waals surface area contributed by atoms with Crippen molar-refractivity contribution in [3.63, 3.8) is 0 Å². The van der Waals surface area contributed by atoms with Crippen LogP contribution in [0.5, 0.6) is 0 Å². The largest absolute Gasteiger partial charge is 0.328 e. The van der Waals surface area contributed by atoms with E-state index in [4.69, 9.17) is 0 Å². The normalized spacial score (nSPS) is 11.4. The third-order valence-corrected chi connectivity index (χ3v) is 7.15. The van der Waals surface area contributed by atoms with Gasteiger partial charge < -0.3 is 0 Å². The van der Waals surface area contributed by atoms with Gasteiger partial charge >= 0.3 is 5.69 Å². The number of aryl methyl sites for hydroxylation is 1. The summed E-state index contributed by atoms with van der Waals surface area (Å²) in [6.45, 7) is 7.79. The number of nitrogens with zero attached hydrogens (tertiary/aromatic N) is 5. The maximum atomic E-state index is 13.6. The second kappa shape index (κ2) is 11.4. The predicted molar refractivity (Wildman–Crippen MR) is 151 cm³/mol. The minimum atomic E-state index is 0.0729. The van der Waals surface area contributed by atoms with E-state index < -0.39 is 0 Å². The van der Waals surface area contributed by atoms with E-state index in [0.717, 1.165) is 52.9 Å². The second-order valence-electron chi connectivity index (χ2n) is 10.2. The van der Waals surface area contributed by atoms with Gasteiger partial charge in [-0.3, -0.25) is 9.13 Å². The fraction of sp³-hybridized carbons (Fsp3) is 0.290. The van der Waals surface area contributed by atoms with Gasteiger partial charge in [0.2, 0.25) is 5.82 Å². The van der Waals surface area contributed by atoms with E-state index in [1.54, 1.807) is 0 Å². The lowest BCUT2D eigenvalue weighted by molar-refractivity contribution is 0.564. The first-order valence-electron chi connectivity index (χ1n) is 13.3. The minimum Gasteiger partial charge on any atom is -0.296 e. The van der Waals surface area contributed by atoms with Gasteiger partial charge in [-0.25, -0.2) is 4.79 Å². The molecule has 0 aliphatic carbocycles. The summed E-state index contributed by atoms with van der Waals surface area (Å²) < 4.78 is 3.93. The summed E-state index contributed by atoms with van der Waals surface area (Å²) in [5, 5.41) is 14.5. The van der Waals surface area contributed by atoms with Crippen LogP contribution in [0.4, 0.5) is 0 Å². The van der Waals surface area contributed by atoms with Crippen LogP contribution in [-0.4, -0.2) is 29.8 Å². The molecule has 0 radical (unpaired) electrons. The molecule has 194 valence electrons. The van der Waals surface area contributed by atoms with E-state index in [9.17, 15) is 4.79 Å². The monoisotopic (exact) mass is 506 g/mol. The molecule has 7 nitrogen and oxygen atoms in total. The van der Waals surface area contributed by atoms with Gasteiger partial charge in [0.25, 0.3) is 0 Å². The molecule has 2 heterocycles. The number of hydrogen-bond acceptors (Lipinski definition) is 4. The highest BCUT2D eigenvalue weighted by molar-refractivity contribution is 5.80. The Morgan fingerprint density at radius 1 is 0.816 bits per heavy atom. The van der Waals surface area contributed by atoms with Crippen LogP contribution in [0.3, 0.4) is 0 Å². The van der Waals surface area contributed by atoms with Crippen molar-refractivity contribution in [2.24, 2.45) is 5.92 Å². The van der Waals surface area contributed by atoms with Crippen LogP contribution < -0.4 is 5.69 Å². The van der Waals surface area contributed by atoms with Crippen molar-refractivity contribution in [2.75, 3.05) is 0 Å². The average molecular weight is 507 g/mol. The molecule has 1 N–H and O–H groups in total. The number of imidazole rings is 1. The molecule has 0 bridgehead atoms. The molecule has 0 aliphatic heterocycles. The zero-order valence-electron chi connectivity index (χ0n) is 22.3. The van der Waals surface area contributed by atoms with Crippen LogP contribution in [0.1, 0.15) is 42.8 Å². The molecule has 3 aromatic carbocycles. The Kier molecular flexibility index (Phi) is 7.63. The number of benzene rings is 3. The van der Waals surface area contributed by atoms with Crippen LogP contribution in [0, 0.1) is 12.8 Å². The number of tetrazole rings is 1. The number of nitrogens with one attached hydrogen (secondary N) is 1. The lowest BCUT2D eigenvalue weighted by atomic mass is 9.98. The van der Waals surface area contributed by atoms with Crippen LogP contribution >= 0.6 is 0 Å². The highest BCUT2D eigenvalue weighted by Crippen LogP contribution is 2.30. The first-order chi connectivity index (χ1) is 18.5. The Labute approximate surface area is 223 Å². The summed E-state index contributed by atoms with van der Waals surface area (Å²) in [6.07, 6.45) is 2.78. The fourth-order valence-electron chi connectivity index (χ4n) is 4.99. The van der Waals surface area contributed by atoms with Gasteiger partial charge in [-0.15, -0.1) is 10.2 Å². The molecular weight excluding hydrogens is 472 g/mol. The van der Waals surface area contributed by atoms with E-state index in [-0.39, 0.29) is 5.69 Å². The third kappa shape index (κ3) is 5.52. The van der Waals surface area contributed by atoms with Crippen molar-refractivity contribution in [1.29, 1.82) is 0 Å². The van der Waals surface area contributed by atoms with Crippen molar-refractivity contribution in [1.82, 2.24) is 29.8 Å². The van der Waals surface area contributed by atoms with Crippen LogP contribution in [0.2, 0.25) is 0 Å². The van der Waals surface area contributed by atoms with Crippen molar-refractivity contribution in [3.8, 4) is 22.5 Å². The summed E-state index contributed by atoms with van der Waals surface area (Å²) in [4.78, 5) is 13.6. The summed E-state index contributed by atoms with van der Waals surface area (Å²) in [5.41, 5.74) is 7.67. The van der Waals surface area contributed by atoms with E-state index in [1.807, 2.05) is 33.4 Å². The fourth-order valence-corrected chi connectivity index (χ4v) is 4.99. The number of aromatic amines is 1. The SMILES string of the molecule is Cc1c(CCC(C)C)n(Cc2ccc(-c3ccccc3-c3nn[nH]n3)cc2)c(=O)n1CCc1ccccc1. The van der Waals surface area contributed by atoms with Gasteiger partial charge in [-0.2, -0.15) is 5.21 Å². The minimum absolute atomic E-state index is 0.0729. The summed E-state index contributed by atoms with van der Waals surface area (Å²) in [6, 6.07) is 26.8. The standard InChI is InChI=1S/C31H34N6O/c1-22(2)13-18-29-23(3)36(20-19-24-9-5-4-6-10-24)31(38)37(29)21-25-14-16-26(17-15-25)27-11-7-8-12-28(27)30-32-34-35-33-30/h4-12,14-17,22H,13,18-21H2,1-3H3,(H,32,33,34,35). The molecule has 7 heteroatoms.